The largest absolute Gasteiger partial charge is 0.480 e. The highest BCUT2D eigenvalue weighted by Gasteiger charge is 2.19. The number of nitrogens with zero attached hydrogens (tertiary/aromatic N) is 2. The number of aromatic carboxylic acids is 1. The first-order valence-electron chi connectivity index (χ1n) is 8.43. The number of hydrogen-bond acceptors (Lipinski definition) is 4. The smallest absolute Gasteiger partial charge is 0.337 e. The number of halogens is 1. The summed E-state index contributed by atoms with van der Waals surface area (Å²) in [6, 6.07) is 7.39. The van der Waals surface area contributed by atoms with Gasteiger partial charge in [-0.2, -0.15) is 4.98 Å². The van der Waals surface area contributed by atoms with Crippen molar-refractivity contribution in [1.82, 2.24) is 9.97 Å². The molecule has 0 unspecified atom stereocenters. The number of anilines is 1. The number of aromatic nitrogens is 2. The molecule has 134 valence electrons. The van der Waals surface area contributed by atoms with Crippen LogP contribution in [0.2, 0.25) is 5.02 Å². The molecule has 3 aromatic rings. The van der Waals surface area contributed by atoms with Crippen molar-refractivity contribution in [2.75, 3.05) is 25.1 Å². The Hall–Kier alpha value is -2.73. The van der Waals surface area contributed by atoms with Crippen LogP contribution in [0.15, 0.2) is 30.5 Å². The summed E-state index contributed by atoms with van der Waals surface area (Å²) < 4.78 is 5.51. The quantitative estimate of drug-likeness (QED) is 0.719. The van der Waals surface area contributed by atoms with Crippen LogP contribution in [0.25, 0.3) is 22.0 Å². The molecule has 1 aromatic carbocycles. The number of carboxylic acids is 1. The van der Waals surface area contributed by atoms with E-state index in [1.54, 1.807) is 19.2 Å². The van der Waals surface area contributed by atoms with Crippen molar-refractivity contribution >= 4 is 34.3 Å². The molecule has 1 fully saturated rings. The molecule has 1 aliphatic heterocycles. The molecule has 4 rings (SSSR count). The summed E-state index contributed by atoms with van der Waals surface area (Å²) in [4.78, 5) is 21.2. The Morgan fingerprint density at radius 2 is 2.04 bits per heavy atom. The van der Waals surface area contributed by atoms with E-state index in [1.807, 2.05) is 12.1 Å². The van der Waals surface area contributed by atoms with Crippen LogP contribution >= 0.6 is 11.6 Å². The normalized spacial score (nSPS) is 14.2. The van der Waals surface area contributed by atoms with E-state index in [2.05, 4.69) is 14.9 Å². The van der Waals surface area contributed by atoms with Gasteiger partial charge in [0.15, 0.2) is 0 Å². The Morgan fingerprint density at radius 3 is 2.73 bits per heavy atom. The molecular weight excluding hydrogens is 354 g/mol. The Kier molecular flexibility index (Phi) is 4.20. The number of ether oxygens (including phenoxy) is 1. The maximum absolute atomic E-state index is 11.4. The van der Waals surface area contributed by atoms with E-state index in [0.29, 0.717) is 27.4 Å². The van der Waals surface area contributed by atoms with Crippen molar-refractivity contribution in [3.05, 3.63) is 41.0 Å². The van der Waals surface area contributed by atoms with Gasteiger partial charge < -0.3 is 19.7 Å². The van der Waals surface area contributed by atoms with E-state index >= 15 is 0 Å². The average Bonchev–Trinajstić information content (AvgIpc) is 3.30. The van der Waals surface area contributed by atoms with Gasteiger partial charge in [-0.05, 0) is 37.1 Å². The van der Waals surface area contributed by atoms with Crippen LogP contribution in [0.5, 0.6) is 5.88 Å². The van der Waals surface area contributed by atoms with Gasteiger partial charge in [-0.15, -0.1) is 0 Å². The van der Waals surface area contributed by atoms with Gasteiger partial charge in [0.05, 0.1) is 17.7 Å². The third-order valence-electron chi connectivity index (χ3n) is 4.76. The highest BCUT2D eigenvalue weighted by Crippen LogP contribution is 2.38. The number of H-pyrrole nitrogens is 1. The molecule has 1 aliphatic rings. The van der Waals surface area contributed by atoms with Crippen LogP contribution in [0.1, 0.15) is 23.2 Å². The number of pyridine rings is 1. The summed E-state index contributed by atoms with van der Waals surface area (Å²) in [5.74, 6) is 0.371. The average molecular weight is 372 g/mol. The van der Waals surface area contributed by atoms with Crippen LogP contribution in [0.4, 0.5) is 5.82 Å². The molecule has 2 aromatic heterocycles. The highest BCUT2D eigenvalue weighted by molar-refractivity contribution is 6.34. The maximum atomic E-state index is 11.4. The molecule has 0 spiro atoms. The zero-order chi connectivity index (χ0) is 18.3. The number of rotatable bonds is 4. The van der Waals surface area contributed by atoms with Crippen molar-refractivity contribution < 1.29 is 14.6 Å². The van der Waals surface area contributed by atoms with E-state index in [1.165, 1.54) is 19.0 Å². The van der Waals surface area contributed by atoms with Gasteiger partial charge >= 0.3 is 5.97 Å². The van der Waals surface area contributed by atoms with E-state index in [0.717, 1.165) is 24.5 Å². The summed E-state index contributed by atoms with van der Waals surface area (Å²) >= 11 is 6.46. The van der Waals surface area contributed by atoms with Crippen LogP contribution in [0.3, 0.4) is 0 Å². The lowest BCUT2D eigenvalue weighted by Gasteiger charge is -2.18. The molecule has 1 saturated heterocycles. The summed E-state index contributed by atoms with van der Waals surface area (Å²) in [5, 5.41) is 10.5. The Labute approximate surface area is 155 Å². The SMILES string of the molecule is COc1nc(N2CCCC2)ccc1-c1cc2c(C(=O)O)c[nH]c2cc1Cl. The number of carboxylic acid groups (broad SMARTS) is 1. The van der Waals surface area contributed by atoms with E-state index in [4.69, 9.17) is 16.3 Å². The fraction of sp³-hybridized carbons (Fsp3) is 0.263. The third-order valence-corrected chi connectivity index (χ3v) is 5.07. The molecule has 0 amide bonds. The summed E-state index contributed by atoms with van der Waals surface area (Å²) in [5.41, 5.74) is 2.31. The van der Waals surface area contributed by atoms with Crippen molar-refractivity contribution in [3.8, 4) is 17.0 Å². The standard InChI is InChI=1S/C19H18ClN3O3/c1-26-18-11(4-5-17(22-18)23-6-2-3-7-23)12-8-13-14(19(24)25)10-21-16(13)9-15(12)20/h4-5,8-10,21H,2-3,6-7H2,1H3,(H,24,25). The predicted molar refractivity (Wildman–Crippen MR) is 101 cm³/mol. The van der Waals surface area contributed by atoms with E-state index in [-0.39, 0.29) is 5.56 Å². The first-order chi connectivity index (χ1) is 12.6. The van der Waals surface area contributed by atoms with Gasteiger partial charge in [0, 0.05) is 41.3 Å². The van der Waals surface area contributed by atoms with Crippen molar-refractivity contribution in [1.29, 1.82) is 0 Å². The van der Waals surface area contributed by atoms with Gasteiger partial charge in [0.1, 0.15) is 5.82 Å². The van der Waals surface area contributed by atoms with Crippen LogP contribution < -0.4 is 9.64 Å². The lowest BCUT2D eigenvalue weighted by atomic mass is 10.0. The van der Waals surface area contributed by atoms with Gasteiger partial charge in [0.25, 0.3) is 0 Å². The number of benzene rings is 1. The molecular formula is C19H18ClN3O3. The molecule has 0 saturated carbocycles. The minimum absolute atomic E-state index is 0.207. The highest BCUT2D eigenvalue weighted by atomic mass is 35.5. The number of hydrogen-bond donors (Lipinski definition) is 2. The fourth-order valence-corrected chi connectivity index (χ4v) is 3.71. The number of carbonyl (C=O) groups is 1. The zero-order valence-electron chi connectivity index (χ0n) is 14.3. The molecule has 26 heavy (non-hydrogen) atoms. The third kappa shape index (κ3) is 2.76. The summed E-state index contributed by atoms with van der Waals surface area (Å²) in [6.45, 7) is 1.99. The molecule has 2 N–H and O–H groups in total. The number of fused-ring (bicyclic) bond motifs is 1. The van der Waals surface area contributed by atoms with Crippen molar-refractivity contribution in [2.24, 2.45) is 0 Å². The van der Waals surface area contributed by atoms with Gasteiger partial charge in [0.2, 0.25) is 5.88 Å². The second kappa shape index (κ2) is 6.53. The molecule has 7 heteroatoms. The first kappa shape index (κ1) is 16.7. The fourth-order valence-electron chi connectivity index (χ4n) is 3.44. The van der Waals surface area contributed by atoms with E-state index in [9.17, 15) is 9.90 Å². The van der Waals surface area contributed by atoms with Crippen LogP contribution in [-0.4, -0.2) is 41.2 Å². The lowest BCUT2D eigenvalue weighted by molar-refractivity contribution is 0.0699. The molecule has 0 atom stereocenters. The first-order valence-corrected chi connectivity index (χ1v) is 8.80. The van der Waals surface area contributed by atoms with Crippen molar-refractivity contribution in [2.45, 2.75) is 12.8 Å². The minimum atomic E-state index is -0.987. The van der Waals surface area contributed by atoms with E-state index < -0.39 is 5.97 Å². The van der Waals surface area contributed by atoms with Gasteiger partial charge in [-0.1, -0.05) is 11.6 Å². The Morgan fingerprint density at radius 1 is 1.27 bits per heavy atom. The maximum Gasteiger partial charge on any atom is 0.337 e. The number of aromatic amines is 1. The molecule has 3 heterocycles. The van der Waals surface area contributed by atoms with Gasteiger partial charge in [-0.25, -0.2) is 4.79 Å². The van der Waals surface area contributed by atoms with Crippen LogP contribution in [0, 0.1) is 0 Å². The topological polar surface area (TPSA) is 78.4 Å². The minimum Gasteiger partial charge on any atom is -0.480 e. The molecule has 0 aliphatic carbocycles. The second-order valence-electron chi connectivity index (χ2n) is 6.31. The summed E-state index contributed by atoms with van der Waals surface area (Å²) in [6.07, 6.45) is 3.80. The molecule has 6 nitrogen and oxygen atoms in total. The number of methoxy groups -OCH3 is 1. The predicted octanol–water partition coefficient (Wildman–Crippen LogP) is 4.19. The number of nitrogens with one attached hydrogen (secondary N) is 1. The Bertz CT molecular complexity index is 993. The zero-order valence-corrected chi connectivity index (χ0v) is 15.0. The van der Waals surface area contributed by atoms with Crippen LogP contribution in [-0.2, 0) is 0 Å². The monoisotopic (exact) mass is 371 g/mol. The van der Waals surface area contributed by atoms with Crippen molar-refractivity contribution in [3.63, 3.8) is 0 Å². The molecule has 0 bridgehead atoms. The second-order valence-corrected chi connectivity index (χ2v) is 6.71. The Balaban J connectivity index is 1.84. The van der Waals surface area contributed by atoms with Gasteiger partial charge in [-0.3, -0.25) is 0 Å². The summed E-state index contributed by atoms with van der Waals surface area (Å²) in [7, 11) is 1.57. The lowest BCUT2D eigenvalue weighted by Crippen LogP contribution is -2.19. The molecule has 0 radical (unpaired) electrons.